The number of nitrogens with one attached hydrogen (secondary N) is 1. The van der Waals surface area contributed by atoms with Crippen LogP contribution in [0, 0.1) is 6.92 Å². The molecule has 1 spiro atoms. The van der Waals surface area contributed by atoms with Gasteiger partial charge in [0.15, 0.2) is 0 Å². The lowest BCUT2D eigenvalue weighted by molar-refractivity contribution is -0.122. The number of pyridine rings is 1. The first-order chi connectivity index (χ1) is 14.6. The van der Waals surface area contributed by atoms with E-state index in [1.54, 1.807) is 13.3 Å². The van der Waals surface area contributed by atoms with Gasteiger partial charge in [0, 0.05) is 25.4 Å². The molecule has 158 valence electrons. The van der Waals surface area contributed by atoms with Crippen LogP contribution in [0.5, 0.6) is 0 Å². The van der Waals surface area contributed by atoms with E-state index in [9.17, 15) is 9.59 Å². The number of carbonyl (C=O) groups is 2. The first-order valence-electron chi connectivity index (χ1n) is 10.7. The molecule has 2 heterocycles. The van der Waals surface area contributed by atoms with Crippen LogP contribution in [0.1, 0.15) is 59.5 Å². The number of benzene rings is 1. The standard InChI is InChI=1S/C24H29N3O3/c1-17-10-13-25-20(16-17)26-22(28)21-18-8-4-5-9-19(18)23(29)27(14-15-30-2)24(21)11-6-3-7-12-24/h4-5,8-10,13,16,21H,3,6-7,11-12,14-15H2,1-2H3,(H,25,26,28). The Morgan fingerprint density at radius 2 is 2.00 bits per heavy atom. The van der Waals surface area contributed by atoms with Gasteiger partial charge in [-0.05, 0) is 49.1 Å². The molecule has 2 aliphatic rings. The molecule has 1 aliphatic heterocycles. The molecule has 0 radical (unpaired) electrons. The lowest BCUT2D eigenvalue weighted by atomic mass is 9.65. The van der Waals surface area contributed by atoms with E-state index in [2.05, 4.69) is 10.3 Å². The molecular formula is C24H29N3O3. The molecule has 1 fully saturated rings. The van der Waals surface area contributed by atoms with Gasteiger partial charge in [-0.15, -0.1) is 0 Å². The average molecular weight is 408 g/mol. The molecule has 1 atom stereocenters. The summed E-state index contributed by atoms with van der Waals surface area (Å²) >= 11 is 0. The second-order valence-corrected chi connectivity index (χ2v) is 8.34. The molecule has 4 rings (SSSR count). The third-order valence-corrected chi connectivity index (χ3v) is 6.49. The Bertz CT molecular complexity index is 937. The minimum atomic E-state index is -0.532. The SMILES string of the molecule is COCCN1C(=O)c2ccccc2C(C(=O)Nc2cc(C)ccn2)C12CCCCC2. The van der Waals surface area contributed by atoms with Crippen molar-refractivity contribution in [1.29, 1.82) is 0 Å². The number of hydrogen-bond donors (Lipinski definition) is 1. The Balaban J connectivity index is 1.80. The predicted molar refractivity (Wildman–Crippen MR) is 116 cm³/mol. The Hall–Kier alpha value is -2.73. The highest BCUT2D eigenvalue weighted by atomic mass is 16.5. The lowest BCUT2D eigenvalue weighted by Gasteiger charge is -2.53. The predicted octanol–water partition coefficient (Wildman–Crippen LogP) is 3.92. The number of ether oxygens (including phenoxy) is 1. The van der Waals surface area contributed by atoms with Crippen molar-refractivity contribution in [1.82, 2.24) is 9.88 Å². The number of methoxy groups -OCH3 is 1. The first kappa shape index (κ1) is 20.5. The summed E-state index contributed by atoms with van der Waals surface area (Å²) in [5.74, 6) is 0.00861. The number of rotatable bonds is 5. The van der Waals surface area contributed by atoms with Gasteiger partial charge in [-0.25, -0.2) is 4.98 Å². The Morgan fingerprint density at radius 3 is 2.73 bits per heavy atom. The second kappa shape index (κ2) is 8.56. The number of nitrogens with zero attached hydrogens (tertiary/aromatic N) is 2. The van der Waals surface area contributed by atoms with Crippen LogP contribution in [0.3, 0.4) is 0 Å². The molecule has 6 nitrogen and oxygen atoms in total. The molecule has 0 bridgehead atoms. The molecule has 1 unspecified atom stereocenters. The molecule has 1 aromatic carbocycles. The normalized spacial score (nSPS) is 20.1. The van der Waals surface area contributed by atoms with Crippen LogP contribution in [0.25, 0.3) is 0 Å². The number of hydrogen-bond acceptors (Lipinski definition) is 4. The van der Waals surface area contributed by atoms with Gasteiger partial charge in [0.2, 0.25) is 5.91 Å². The smallest absolute Gasteiger partial charge is 0.254 e. The van der Waals surface area contributed by atoms with Gasteiger partial charge in [0.25, 0.3) is 5.91 Å². The zero-order chi connectivity index (χ0) is 21.1. The summed E-state index contributed by atoms with van der Waals surface area (Å²) < 4.78 is 5.31. The zero-order valence-electron chi connectivity index (χ0n) is 17.7. The fourth-order valence-corrected chi connectivity index (χ4v) is 5.15. The van der Waals surface area contributed by atoms with Crippen LogP contribution < -0.4 is 5.32 Å². The van der Waals surface area contributed by atoms with Crippen LogP contribution >= 0.6 is 0 Å². The zero-order valence-corrected chi connectivity index (χ0v) is 17.7. The molecule has 30 heavy (non-hydrogen) atoms. The third kappa shape index (κ3) is 3.60. The molecule has 1 N–H and O–H groups in total. The van der Waals surface area contributed by atoms with E-state index in [1.165, 1.54) is 0 Å². The van der Waals surface area contributed by atoms with E-state index in [0.29, 0.717) is 24.5 Å². The number of carbonyl (C=O) groups excluding carboxylic acids is 2. The van der Waals surface area contributed by atoms with Gasteiger partial charge in [0.1, 0.15) is 5.82 Å². The van der Waals surface area contributed by atoms with E-state index in [1.807, 2.05) is 48.2 Å². The van der Waals surface area contributed by atoms with E-state index >= 15 is 0 Å². The van der Waals surface area contributed by atoms with Crippen LogP contribution in [-0.2, 0) is 9.53 Å². The van der Waals surface area contributed by atoms with Crippen LogP contribution in [0.4, 0.5) is 5.82 Å². The molecule has 2 amide bonds. The highest BCUT2D eigenvalue weighted by Crippen LogP contribution is 2.49. The van der Waals surface area contributed by atoms with Gasteiger partial charge >= 0.3 is 0 Å². The van der Waals surface area contributed by atoms with Gasteiger partial charge < -0.3 is 15.0 Å². The van der Waals surface area contributed by atoms with Crippen molar-refractivity contribution in [3.05, 3.63) is 59.3 Å². The van der Waals surface area contributed by atoms with Crippen molar-refractivity contribution < 1.29 is 14.3 Å². The Kier molecular flexibility index (Phi) is 5.86. The molecule has 6 heteroatoms. The van der Waals surface area contributed by atoms with Gasteiger partial charge in [0.05, 0.1) is 18.1 Å². The maximum Gasteiger partial charge on any atom is 0.254 e. The highest BCUT2D eigenvalue weighted by Gasteiger charge is 2.54. The lowest BCUT2D eigenvalue weighted by Crippen LogP contribution is -2.62. The first-order valence-corrected chi connectivity index (χ1v) is 10.7. The van der Waals surface area contributed by atoms with Crippen molar-refractivity contribution in [2.75, 3.05) is 25.6 Å². The molecule has 0 saturated heterocycles. The largest absolute Gasteiger partial charge is 0.383 e. The minimum absolute atomic E-state index is 0.00211. The molecule has 2 aromatic rings. The topological polar surface area (TPSA) is 71.5 Å². The summed E-state index contributed by atoms with van der Waals surface area (Å²) in [6.07, 6.45) is 6.47. The van der Waals surface area contributed by atoms with E-state index in [-0.39, 0.29) is 11.8 Å². The number of fused-ring (bicyclic) bond motifs is 1. The van der Waals surface area contributed by atoms with Gasteiger partial charge in [-0.1, -0.05) is 37.5 Å². The summed E-state index contributed by atoms with van der Waals surface area (Å²) in [6.45, 7) is 2.90. The minimum Gasteiger partial charge on any atom is -0.383 e. The summed E-state index contributed by atoms with van der Waals surface area (Å²) in [6, 6.07) is 11.3. The Morgan fingerprint density at radius 1 is 1.23 bits per heavy atom. The summed E-state index contributed by atoms with van der Waals surface area (Å²) in [7, 11) is 1.64. The van der Waals surface area contributed by atoms with Gasteiger partial charge in [-0.3, -0.25) is 9.59 Å². The fourth-order valence-electron chi connectivity index (χ4n) is 5.15. The van der Waals surface area contributed by atoms with E-state index < -0.39 is 11.5 Å². The fraction of sp³-hybridized carbons (Fsp3) is 0.458. The van der Waals surface area contributed by atoms with E-state index in [0.717, 1.165) is 43.2 Å². The maximum atomic E-state index is 13.7. The Labute approximate surface area is 177 Å². The van der Waals surface area contributed by atoms with Crippen LogP contribution in [0.15, 0.2) is 42.6 Å². The van der Waals surface area contributed by atoms with Crippen molar-refractivity contribution in [2.45, 2.75) is 50.5 Å². The van der Waals surface area contributed by atoms with Crippen LogP contribution in [0.2, 0.25) is 0 Å². The summed E-state index contributed by atoms with van der Waals surface area (Å²) in [5.41, 5.74) is 1.94. The average Bonchev–Trinajstić information content (AvgIpc) is 2.74. The third-order valence-electron chi connectivity index (χ3n) is 6.49. The quantitative estimate of drug-likeness (QED) is 0.816. The second-order valence-electron chi connectivity index (χ2n) is 8.34. The maximum absolute atomic E-state index is 13.7. The molecule has 1 aromatic heterocycles. The highest BCUT2D eigenvalue weighted by molar-refractivity contribution is 6.04. The number of aromatic nitrogens is 1. The monoisotopic (exact) mass is 407 g/mol. The molecular weight excluding hydrogens is 378 g/mol. The summed E-state index contributed by atoms with van der Waals surface area (Å²) in [5, 5.41) is 3.04. The number of anilines is 1. The van der Waals surface area contributed by atoms with Crippen molar-refractivity contribution in [3.8, 4) is 0 Å². The molecule has 1 aliphatic carbocycles. The van der Waals surface area contributed by atoms with Crippen molar-refractivity contribution in [3.63, 3.8) is 0 Å². The van der Waals surface area contributed by atoms with Crippen molar-refractivity contribution in [2.24, 2.45) is 0 Å². The van der Waals surface area contributed by atoms with Crippen molar-refractivity contribution >= 4 is 17.6 Å². The van der Waals surface area contributed by atoms with Gasteiger partial charge in [-0.2, -0.15) is 0 Å². The van der Waals surface area contributed by atoms with E-state index in [4.69, 9.17) is 4.74 Å². The van der Waals surface area contributed by atoms with Crippen LogP contribution in [-0.4, -0.2) is 47.5 Å². The molecule has 1 saturated carbocycles. The number of aryl methyl sites for hydroxylation is 1. The summed E-state index contributed by atoms with van der Waals surface area (Å²) in [4.78, 5) is 33.5. The number of amides is 2.